The minimum absolute atomic E-state index is 0.377. The molecule has 2 bridgehead atoms. The van der Waals surface area contributed by atoms with E-state index in [9.17, 15) is 13.2 Å². The monoisotopic (exact) mass is 304 g/mol. The van der Waals surface area contributed by atoms with Gasteiger partial charge in [-0.3, -0.25) is 0 Å². The molecule has 4 fully saturated rings. The van der Waals surface area contributed by atoms with Crippen molar-refractivity contribution in [1.29, 1.82) is 0 Å². The maximum absolute atomic E-state index is 14.5. The maximum Gasteiger partial charge on any atom is 0.286 e. The summed E-state index contributed by atoms with van der Waals surface area (Å²) in [5.41, 5.74) is -2.39. The lowest BCUT2D eigenvalue weighted by atomic mass is 9.56. The Kier molecular flexibility index (Phi) is 3.83. The number of alkyl halides is 3. The van der Waals surface area contributed by atoms with Gasteiger partial charge in [-0.2, -0.15) is 0 Å². The Bertz CT molecular complexity index is 379. The minimum atomic E-state index is -3.25. The average Bonchev–Trinajstić information content (AvgIpc) is 2.46. The summed E-state index contributed by atoms with van der Waals surface area (Å²) < 4.78 is 48.9. The van der Waals surface area contributed by atoms with Gasteiger partial charge >= 0.3 is 0 Å². The summed E-state index contributed by atoms with van der Waals surface area (Å²) in [6.45, 7) is 4.24. The largest absolute Gasteiger partial charge is 0.371 e. The summed E-state index contributed by atoms with van der Waals surface area (Å²) in [6, 6.07) is 0. The van der Waals surface area contributed by atoms with Gasteiger partial charge in [0.15, 0.2) is 6.17 Å². The van der Waals surface area contributed by atoms with Crippen molar-refractivity contribution < 1.29 is 17.9 Å². The van der Waals surface area contributed by atoms with Gasteiger partial charge in [-0.15, -0.1) is 0 Å². The van der Waals surface area contributed by atoms with Crippen molar-refractivity contribution >= 4 is 0 Å². The molecule has 0 aliphatic heterocycles. The smallest absolute Gasteiger partial charge is 0.286 e. The molecular weight excluding hydrogens is 277 g/mol. The number of ether oxygens (including phenoxy) is 1. The molecule has 0 aromatic rings. The molecule has 0 aromatic heterocycles. The lowest BCUT2D eigenvalue weighted by Gasteiger charge is -2.57. The molecule has 0 saturated heterocycles. The Morgan fingerprint density at radius 2 is 1.57 bits per heavy atom. The molecule has 4 aliphatic carbocycles. The fourth-order valence-corrected chi connectivity index (χ4v) is 4.45. The fourth-order valence-electron chi connectivity index (χ4n) is 4.45. The van der Waals surface area contributed by atoms with Crippen molar-refractivity contribution in [2.45, 2.75) is 82.9 Å². The quantitative estimate of drug-likeness (QED) is 0.702. The number of rotatable bonds is 3. The zero-order valence-corrected chi connectivity index (χ0v) is 13.1. The fraction of sp³-hybridized carbons (Fsp3) is 1.00. The van der Waals surface area contributed by atoms with Gasteiger partial charge in [-0.05, 0) is 50.4 Å². The SMILES string of the molecule is CC1CCC(COC23CCC(C)(CC2)C(F)(F)C3F)CC1. The Morgan fingerprint density at radius 1 is 1.00 bits per heavy atom. The molecule has 4 saturated carbocycles. The zero-order valence-electron chi connectivity index (χ0n) is 13.1. The van der Waals surface area contributed by atoms with E-state index in [0.29, 0.717) is 38.2 Å². The van der Waals surface area contributed by atoms with Crippen LogP contribution in [0.15, 0.2) is 0 Å². The summed E-state index contributed by atoms with van der Waals surface area (Å²) in [7, 11) is 0. The summed E-state index contributed by atoms with van der Waals surface area (Å²) in [5.74, 6) is -2.07. The van der Waals surface area contributed by atoms with Crippen molar-refractivity contribution in [3.8, 4) is 0 Å². The second kappa shape index (κ2) is 5.14. The third-order valence-electron chi connectivity index (χ3n) is 6.53. The second-order valence-electron chi connectivity index (χ2n) is 8.05. The van der Waals surface area contributed by atoms with E-state index in [-0.39, 0.29) is 0 Å². The number of hydrogen-bond acceptors (Lipinski definition) is 1. The Morgan fingerprint density at radius 3 is 2.14 bits per heavy atom. The minimum Gasteiger partial charge on any atom is -0.371 e. The first kappa shape index (κ1) is 15.6. The molecule has 1 unspecified atom stereocenters. The Labute approximate surface area is 125 Å². The third kappa shape index (κ3) is 2.42. The van der Waals surface area contributed by atoms with Crippen LogP contribution in [0.1, 0.15) is 65.2 Å². The van der Waals surface area contributed by atoms with Crippen molar-refractivity contribution in [1.82, 2.24) is 0 Å². The van der Waals surface area contributed by atoms with E-state index in [1.165, 1.54) is 19.8 Å². The van der Waals surface area contributed by atoms with E-state index in [1.807, 2.05) is 0 Å². The average molecular weight is 304 g/mol. The van der Waals surface area contributed by atoms with Crippen LogP contribution in [0.25, 0.3) is 0 Å². The van der Waals surface area contributed by atoms with Crippen LogP contribution in [0.3, 0.4) is 0 Å². The molecule has 4 aliphatic rings. The topological polar surface area (TPSA) is 9.23 Å². The highest BCUT2D eigenvalue weighted by Crippen LogP contribution is 2.62. The molecule has 0 aromatic carbocycles. The maximum atomic E-state index is 14.5. The van der Waals surface area contributed by atoms with Crippen molar-refractivity contribution in [2.24, 2.45) is 17.3 Å². The zero-order chi connectivity index (χ0) is 15.3. The highest BCUT2D eigenvalue weighted by Gasteiger charge is 2.70. The van der Waals surface area contributed by atoms with Crippen molar-refractivity contribution in [2.75, 3.05) is 6.61 Å². The molecule has 4 rings (SSSR count). The molecule has 122 valence electrons. The summed E-state index contributed by atoms with van der Waals surface area (Å²) in [6.07, 6.45) is 4.03. The highest BCUT2D eigenvalue weighted by molar-refractivity contribution is 5.14. The van der Waals surface area contributed by atoms with E-state index in [4.69, 9.17) is 4.74 Å². The molecule has 1 nitrogen and oxygen atoms in total. The van der Waals surface area contributed by atoms with Crippen LogP contribution in [-0.4, -0.2) is 24.3 Å². The van der Waals surface area contributed by atoms with E-state index in [1.54, 1.807) is 0 Å². The molecule has 0 amide bonds. The van der Waals surface area contributed by atoms with Crippen molar-refractivity contribution in [3.05, 3.63) is 0 Å². The third-order valence-corrected chi connectivity index (χ3v) is 6.53. The van der Waals surface area contributed by atoms with E-state index < -0.39 is 23.1 Å². The number of hydrogen-bond donors (Lipinski definition) is 0. The first-order chi connectivity index (χ1) is 9.79. The number of fused-ring (bicyclic) bond motifs is 3. The van der Waals surface area contributed by atoms with Gasteiger partial charge in [0.1, 0.15) is 5.60 Å². The molecule has 0 heterocycles. The lowest BCUT2D eigenvalue weighted by molar-refractivity contribution is -0.298. The molecule has 21 heavy (non-hydrogen) atoms. The molecule has 4 heteroatoms. The molecule has 0 N–H and O–H groups in total. The Balaban J connectivity index is 1.65. The predicted molar refractivity (Wildman–Crippen MR) is 76.2 cm³/mol. The summed E-state index contributed by atoms with van der Waals surface area (Å²) in [5, 5.41) is 0. The van der Waals surface area contributed by atoms with Crippen LogP contribution in [-0.2, 0) is 4.74 Å². The summed E-state index contributed by atoms with van der Waals surface area (Å²) in [4.78, 5) is 0. The molecular formula is C17H27F3O. The van der Waals surface area contributed by atoms with Gasteiger partial charge in [-0.1, -0.05) is 26.7 Å². The van der Waals surface area contributed by atoms with Gasteiger partial charge in [0.25, 0.3) is 5.92 Å². The predicted octanol–water partition coefficient (Wildman–Crippen LogP) is 5.14. The Hall–Kier alpha value is -0.250. The molecule has 1 atom stereocenters. The van der Waals surface area contributed by atoms with Crippen LogP contribution in [0.5, 0.6) is 0 Å². The van der Waals surface area contributed by atoms with E-state index in [2.05, 4.69) is 6.92 Å². The van der Waals surface area contributed by atoms with Gasteiger partial charge in [0.05, 0.1) is 6.61 Å². The first-order valence-electron chi connectivity index (χ1n) is 8.45. The summed E-state index contributed by atoms with van der Waals surface area (Å²) >= 11 is 0. The van der Waals surface area contributed by atoms with Crippen LogP contribution in [0.4, 0.5) is 13.2 Å². The first-order valence-corrected chi connectivity index (χ1v) is 8.45. The van der Waals surface area contributed by atoms with Crippen LogP contribution < -0.4 is 0 Å². The van der Waals surface area contributed by atoms with Crippen LogP contribution in [0.2, 0.25) is 0 Å². The van der Waals surface area contributed by atoms with Gasteiger partial charge in [-0.25, -0.2) is 13.2 Å². The van der Waals surface area contributed by atoms with Crippen LogP contribution >= 0.6 is 0 Å². The van der Waals surface area contributed by atoms with E-state index >= 15 is 0 Å². The highest BCUT2D eigenvalue weighted by atomic mass is 19.3. The van der Waals surface area contributed by atoms with Gasteiger partial charge < -0.3 is 4.74 Å². The second-order valence-corrected chi connectivity index (χ2v) is 8.05. The molecule has 0 spiro atoms. The molecule has 0 radical (unpaired) electrons. The lowest BCUT2D eigenvalue weighted by Crippen LogP contribution is -2.67. The van der Waals surface area contributed by atoms with Crippen molar-refractivity contribution in [3.63, 3.8) is 0 Å². The number of halogens is 3. The normalized spacial score (nSPS) is 49.3. The van der Waals surface area contributed by atoms with Crippen LogP contribution in [0, 0.1) is 17.3 Å². The van der Waals surface area contributed by atoms with Gasteiger partial charge in [0.2, 0.25) is 0 Å². The standard InChI is InChI=1S/C17H27F3O/c1-12-3-5-13(6-4-12)11-21-16-9-7-15(2,8-10-16)17(19,20)14(16)18/h12-14H,3-11H2,1-2H3. The van der Waals surface area contributed by atoms with E-state index in [0.717, 1.165) is 18.8 Å². The van der Waals surface area contributed by atoms with Gasteiger partial charge in [0, 0.05) is 5.41 Å².